The minimum Gasteiger partial charge on any atom is -0.493 e. The van der Waals surface area contributed by atoms with Crippen molar-refractivity contribution < 1.29 is 14.3 Å². The van der Waals surface area contributed by atoms with Gasteiger partial charge in [-0.3, -0.25) is 4.79 Å². The molecule has 0 fully saturated rings. The topological polar surface area (TPSA) is 91.2 Å². The van der Waals surface area contributed by atoms with E-state index in [1.807, 2.05) is 12.1 Å². The molecule has 3 aromatic rings. The fourth-order valence-electron chi connectivity index (χ4n) is 4.35. The summed E-state index contributed by atoms with van der Waals surface area (Å²) in [5.41, 5.74) is 4.13. The third-order valence-corrected chi connectivity index (χ3v) is 7.00. The van der Waals surface area contributed by atoms with E-state index in [0.29, 0.717) is 11.3 Å². The molecule has 1 atom stereocenters. The number of carbonyl (C=O) groups is 1. The van der Waals surface area contributed by atoms with Crippen molar-refractivity contribution in [2.45, 2.75) is 38.1 Å². The molecule has 2 aliphatic carbocycles. The van der Waals surface area contributed by atoms with Crippen molar-refractivity contribution in [1.29, 1.82) is 0 Å². The van der Waals surface area contributed by atoms with Crippen molar-refractivity contribution in [3.8, 4) is 16.5 Å². The molecule has 1 amide bonds. The van der Waals surface area contributed by atoms with Crippen molar-refractivity contribution in [3.05, 3.63) is 45.6 Å². The molecule has 0 saturated heterocycles. The number of nitrogens with one attached hydrogen (secondary N) is 1. The summed E-state index contributed by atoms with van der Waals surface area (Å²) < 4.78 is 12.5. The summed E-state index contributed by atoms with van der Waals surface area (Å²) >= 11 is 1.61. The van der Waals surface area contributed by atoms with Crippen LogP contribution in [0.1, 0.15) is 50.8 Å². The molecular weight excluding hydrogens is 390 g/mol. The van der Waals surface area contributed by atoms with Crippen LogP contribution in [0.5, 0.6) is 11.5 Å². The molecule has 0 unspecified atom stereocenters. The van der Waals surface area contributed by atoms with Gasteiger partial charge in [-0.05, 0) is 71.4 Å². The molecule has 1 N–H and O–H groups in total. The number of rotatable bonds is 5. The van der Waals surface area contributed by atoms with Gasteiger partial charge in [0.15, 0.2) is 11.5 Å². The van der Waals surface area contributed by atoms with Gasteiger partial charge >= 0.3 is 0 Å². The molecular formula is C20H21N5O3S. The molecule has 1 aromatic carbocycles. The lowest BCUT2D eigenvalue weighted by Crippen LogP contribution is -2.28. The Morgan fingerprint density at radius 2 is 2.03 bits per heavy atom. The van der Waals surface area contributed by atoms with Crippen LogP contribution in [0.25, 0.3) is 5.00 Å². The monoisotopic (exact) mass is 411 g/mol. The Labute approximate surface area is 171 Å². The molecule has 2 heterocycles. The lowest BCUT2D eigenvalue weighted by molar-refractivity contribution is 0.0936. The minimum atomic E-state index is -0.0671. The number of nitrogens with zero attached hydrogens (tertiary/aromatic N) is 4. The number of methoxy groups -OCH3 is 2. The smallest absolute Gasteiger partial charge is 0.255 e. The second-order valence-corrected chi connectivity index (χ2v) is 8.35. The van der Waals surface area contributed by atoms with Crippen LogP contribution in [0.4, 0.5) is 0 Å². The van der Waals surface area contributed by atoms with Gasteiger partial charge in [0.25, 0.3) is 5.91 Å². The van der Waals surface area contributed by atoms with E-state index in [0.717, 1.165) is 54.0 Å². The van der Waals surface area contributed by atoms with E-state index in [1.54, 1.807) is 36.6 Å². The summed E-state index contributed by atoms with van der Waals surface area (Å²) in [7, 11) is 3.26. The highest BCUT2D eigenvalue weighted by atomic mass is 32.1. The highest BCUT2D eigenvalue weighted by Crippen LogP contribution is 2.41. The SMILES string of the molecule is COc1cc2c(cc1OC)[C@H](NC(=O)c1c(-n3cnnn3)sc3c1CCC3)CC2. The second-order valence-electron chi connectivity index (χ2n) is 7.26. The molecule has 0 aliphatic heterocycles. The van der Waals surface area contributed by atoms with Gasteiger partial charge in [0.05, 0.1) is 25.8 Å². The fraction of sp³-hybridized carbons (Fsp3) is 0.400. The Morgan fingerprint density at radius 1 is 1.21 bits per heavy atom. The summed E-state index contributed by atoms with van der Waals surface area (Å²) in [5, 5.41) is 15.5. The first-order chi connectivity index (χ1) is 14.2. The fourth-order valence-corrected chi connectivity index (χ4v) is 5.66. The summed E-state index contributed by atoms with van der Waals surface area (Å²) in [6, 6.07) is 3.93. The summed E-state index contributed by atoms with van der Waals surface area (Å²) in [5.74, 6) is 1.33. The molecule has 150 valence electrons. The van der Waals surface area contributed by atoms with Gasteiger partial charge in [-0.15, -0.1) is 16.4 Å². The lowest BCUT2D eigenvalue weighted by Gasteiger charge is -2.17. The maximum absolute atomic E-state index is 13.4. The van der Waals surface area contributed by atoms with Gasteiger partial charge in [0, 0.05) is 4.88 Å². The molecule has 0 saturated carbocycles. The molecule has 0 bridgehead atoms. The molecule has 2 aromatic heterocycles. The number of tetrazole rings is 1. The largest absolute Gasteiger partial charge is 0.493 e. The summed E-state index contributed by atoms with van der Waals surface area (Å²) in [6.45, 7) is 0. The van der Waals surface area contributed by atoms with E-state index in [4.69, 9.17) is 9.47 Å². The van der Waals surface area contributed by atoms with E-state index in [-0.39, 0.29) is 11.9 Å². The molecule has 29 heavy (non-hydrogen) atoms. The number of thiophene rings is 1. The standard InChI is InChI=1S/C20H21N5O3S/c1-27-15-8-11-6-7-14(13(11)9-16(15)28-2)22-19(26)18-12-4-3-5-17(12)29-20(18)25-10-21-23-24-25/h8-10,14H,3-7H2,1-2H3,(H,22,26)/t14-/m1/s1. The van der Waals surface area contributed by atoms with Crippen LogP contribution in [0.15, 0.2) is 18.5 Å². The van der Waals surface area contributed by atoms with Crippen LogP contribution in [0.2, 0.25) is 0 Å². The van der Waals surface area contributed by atoms with Crippen molar-refractivity contribution in [3.63, 3.8) is 0 Å². The number of fused-ring (bicyclic) bond motifs is 2. The van der Waals surface area contributed by atoms with E-state index < -0.39 is 0 Å². The summed E-state index contributed by atoms with van der Waals surface area (Å²) in [6.07, 6.45) is 6.29. The zero-order valence-corrected chi connectivity index (χ0v) is 17.1. The lowest BCUT2D eigenvalue weighted by atomic mass is 10.1. The van der Waals surface area contributed by atoms with Crippen LogP contribution < -0.4 is 14.8 Å². The number of aromatic nitrogens is 4. The van der Waals surface area contributed by atoms with Crippen LogP contribution in [-0.4, -0.2) is 40.3 Å². The zero-order chi connectivity index (χ0) is 20.0. The number of hydrogen-bond donors (Lipinski definition) is 1. The molecule has 2 aliphatic rings. The molecule has 0 spiro atoms. The maximum atomic E-state index is 13.4. The Kier molecular flexibility index (Phi) is 4.46. The first-order valence-corrected chi connectivity index (χ1v) is 10.4. The number of aryl methyl sites for hydroxylation is 2. The summed E-state index contributed by atoms with van der Waals surface area (Å²) in [4.78, 5) is 14.6. The van der Waals surface area contributed by atoms with E-state index >= 15 is 0 Å². The Hall–Kier alpha value is -2.94. The van der Waals surface area contributed by atoms with Crippen LogP contribution in [0, 0.1) is 0 Å². The van der Waals surface area contributed by atoms with E-state index in [1.165, 1.54) is 10.4 Å². The van der Waals surface area contributed by atoms with Gasteiger partial charge in [-0.1, -0.05) is 0 Å². The predicted octanol–water partition coefficient (Wildman–Crippen LogP) is 2.65. The number of ether oxygens (including phenoxy) is 2. The zero-order valence-electron chi connectivity index (χ0n) is 16.3. The van der Waals surface area contributed by atoms with Crippen LogP contribution in [0.3, 0.4) is 0 Å². The van der Waals surface area contributed by atoms with Gasteiger partial charge < -0.3 is 14.8 Å². The first kappa shape index (κ1) is 18.1. The average Bonchev–Trinajstić information content (AvgIpc) is 3.50. The number of amides is 1. The van der Waals surface area contributed by atoms with E-state index in [9.17, 15) is 4.79 Å². The average molecular weight is 411 g/mol. The highest BCUT2D eigenvalue weighted by Gasteiger charge is 2.31. The highest BCUT2D eigenvalue weighted by molar-refractivity contribution is 7.15. The molecule has 5 rings (SSSR count). The second kappa shape index (κ2) is 7.14. The number of carbonyl (C=O) groups excluding carboxylic acids is 1. The van der Waals surface area contributed by atoms with Crippen molar-refractivity contribution >= 4 is 17.2 Å². The van der Waals surface area contributed by atoms with Crippen molar-refractivity contribution in [2.75, 3.05) is 14.2 Å². The molecule has 8 nitrogen and oxygen atoms in total. The third kappa shape index (κ3) is 2.96. The minimum absolute atomic E-state index is 0.0593. The van der Waals surface area contributed by atoms with Crippen LogP contribution >= 0.6 is 11.3 Å². The van der Waals surface area contributed by atoms with Gasteiger partial charge in [0.1, 0.15) is 11.3 Å². The maximum Gasteiger partial charge on any atom is 0.255 e. The Bertz CT molecular complexity index is 1080. The molecule has 0 radical (unpaired) electrons. The van der Waals surface area contributed by atoms with Crippen molar-refractivity contribution in [1.82, 2.24) is 25.5 Å². The number of hydrogen-bond acceptors (Lipinski definition) is 7. The van der Waals surface area contributed by atoms with Gasteiger partial charge in [-0.25, -0.2) is 0 Å². The van der Waals surface area contributed by atoms with Crippen LogP contribution in [-0.2, 0) is 19.3 Å². The van der Waals surface area contributed by atoms with Gasteiger partial charge in [0.2, 0.25) is 0 Å². The Balaban J connectivity index is 1.48. The van der Waals surface area contributed by atoms with Crippen molar-refractivity contribution in [2.24, 2.45) is 0 Å². The number of benzene rings is 1. The quantitative estimate of drug-likeness (QED) is 0.694. The first-order valence-electron chi connectivity index (χ1n) is 9.63. The predicted molar refractivity (Wildman–Crippen MR) is 107 cm³/mol. The van der Waals surface area contributed by atoms with E-state index in [2.05, 4.69) is 20.8 Å². The Morgan fingerprint density at radius 3 is 2.79 bits per heavy atom. The third-order valence-electron chi connectivity index (χ3n) is 5.72. The van der Waals surface area contributed by atoms with Gasteiger partial charge in [-0.2, -0.15) is 4.68 Å². The molecule has 9 heteroatoms. The normalized spacial score (nSPS) is 17.1.